The average molecular weight is 399 g/mol. The van der Waals surface area contributed by atoms with Gasteiger partial charge in [-0.1, -0.05) is 24.3 Å². The first kappa shape index (κ1) is 20.9. The first-order valence-corrected chi connectivity index (χ1v) is 10.1. The van der Waals surface area contributed by atoms with Gasteiger partial charge in [-0.25, -0.2) is 0 Å². The monoisotopic (exact) mass is 398 g/mol. The summed E-state index contributed by atoms with van der Waals surface area (Å²) >= 11 is 0. The van der Waals surface area contributed by atoms with E-state index < -0.39 is 0 Å². The highest BCUT2D eigenvalue weighted by Crippen LogP contribution is 2.15. The minimum Gasteiger partial charge on any atom is -0.467 e. The first-order valence-electron chi connectivity index (χ1n) is 10.1. The number of likely N-dealkylation sites (tertiary alicyclic amines) is 1. The number of carbonyl (C=O) groups is 1. The van der Waals surface area contributed by atoms with Crippen molar-refractivity contribution < 1.29 is 13.9 Å². The molecule has 1 saturated heterocycles. The molecular formula is C22H30N4O3. The van der Waals surface area contributed by atoms with Gasteiger partial charge in [0.15, 0.2) is 5.96 Å². The zero-order valence-electron chi connectivity index (χ0n) is 17.0. The van der Waals surface area contributed by atoms with Gasteiger partial charge in [0, 0.05) is 46.3 Å². The molecule has 0 atom stereocenters. The highest BCUT2D eigenvalue weighted by molar-refractivity contribution is 5.79. The number of hydrogen-bond donors (Lipinski definition) is 2. The van der Waals surface area contributed by atoms with E-state index >= 15 is 0 Å². The molecule has 29 heavy (non-hydrogen) atoms. The van der Waals surface area contributed by atoms with Crippen molar-refractivity contribution in [2.75, 3.05) is 26.7 Å². The summed E-state index contributed by atoms with van der Waals surface area (Å²) in [5, 5.41) is 6.63. The summed E-state index contributed by atoms with van der Waals surface area (Å²) in [6.45, 7) is 4.16. The fourth-order valence-electron chi connectivity index (χ4n) is 3.28. The van der Waals surface area contributed by atoms with E-state index in [1.807, 2.05) is 23.1 Å². The van der Waals surface area contributed by atoms with Crippen LogP contribution in [0.25, 0.3) is 0 Å². The quantitative estimate of drug-likeness (QED) is 0.365. The lowest BCUT2D eigenvalue weighted by atomic mass is 10.1. The Morgan fingerprint density at radius 2 is 2.14 bits per heavy atom. The van der Waals surface area contributed by atoms with Crippen molar-refractivity contribution in [1.29, 1.82) is 0 Å². The summed E-state index contributed by atoms with van der Waals surface area (Å²) in [5.74, 6) is 1.86. The van der Waals surface area contributed by atoms with Gasteiger partial charge in [-0.2, -0.15) is 0 Å². The molecule has 2 aromatic rings. The average Bonchev–Trinajstić information content (AvgIpc) is 3.39. The molecule has 7 nitrogen and oxygen atoms in total. The van der Waals surface area contributed by atoms with Crippen molar-refractivity contribution >= 4 is 11.9 Å². The van der Waals surface area contributed by atoms with Crippen LogP contribution in [0.1, 0.15) is 36.1 Å². The highest BCUT2D eigenvalue weighted by atomic mass is 16.5. The number of ether oxygens (including phenoxy) is 1. The molecule has 0 unspecified atom stereocenters. The van der Waals surface area contributed by atoms with Crippen LogP contribution < -0.4 is 10.6 Å². The Morgan fingerprint density at radius 1 is 1.24 bits per heavy atom. The molecule has 1 aromatic carbocycles. The number of hydrogen-bond acceptors (Lipinski definition) is 4. The largest absolute Gasteiger partial charge is 0.467 e. The molecule has 1 aliphatic rings. The highest BCUT2D eigenvalue weighted by Gasteiger charge is 2.19. The predicted octanol–water partition coefficient (Wildman–Crippen LogP) is 2.67. The van der Waals surface area contributed by atoms with E-state index in [2.05, 4.69) is 33.8 Å². The van der Waals surface area contributed by atoms with Gasteiger partial charge in [0.2, 0.25) is 5.91 Å². The van der Waals surface area contributed by atoms with Crippen molar-refractivity contribution in [2.45, 2.75) is 39.0 Å². The van der Waals surface area contributed by atoms with Crippen LogP contribution in [-0.2, 0) is 29.2 Å². The molecule has 0 radical (unpaired) electrons. The second-order valence-corrected chi connectivity index (χ2v) is 7.08. The second kappa shape index (κ2) is 11.3. The van der Waals surface area contributed by atoms with Gasteiger partial charge in [0.25, 0.3) is 0 Å². The Hall–Kier alpha value is -2.80. The van der Waals surface area contributed by atoms with Crippen LogP contribution in [0.2, 0.25) is 0 Å². The maximum absolute atomic E-state index is 11.8. The molecule has 3 rings (SSSR count). The molecule has 2 N–H and O–H groups in total. The molecule has 1 fully saturated rings. The fraction of sp³-hybridized carbons (Fsp3) is 0.455. The SMILES string of the molecule is CN=C(NCCCOCc1ccco1)NCc1cccc(CN2CCCC2=O)c1. The summed E-state index contributed by atoms with van der Waals surface area (Å²) in [4.78, 5) is 18.0. The molecule has 2 heterocycles. The van der Waals surface area contributed by atoms with Crippen molar-refractivity contribution in [3.05, 3.63) is 59.5 Å². The second-order valence-electron chi connectivity index (χ2n) is 7.08. The van der Waals surface area contributed by atoms with Crippen LogP contribution in [0, 0.1) is 0 Å². The molecule has 0 bridgehead atoms. The molecule has 1 amide bonds. The summed E-state index contributed by atoms with van der Waals surface area (Å²) in [6, 6.07) is 12.1. The van der Waals surface area contributed by atoms with Gasteiger partial charge in [0.05, 0.1) is 6.26 Å². The summed E-state index contributed by atoms with van der Waals surface area (Å²) < 4.78 is 10.8. The number of furan rings is 1. The third-order valence-electron chi connectivity index (χ3n) is 4.80. The number of nitrogens with zero attached hydrogens (tertiary/aromatic N) is 2. The number of benzene rings is 1. The maximum Gasteiger partial charge on any atom is 0.222 e. The minimum atomic E-state index is 0.256. The standard InChI is InChI=1S/C22H30N4O3/c1-23-22(24-10-5-12-28-17-20-8-4-13-29-20)25-15-18-6-2-7-19(14-18)16-26-11-3-9-21(26)27/h2,4,6-8,13-14H,3,5,9-12,15-17H2,1H3,(H2,23,24,25). The molecule has 7 heteroatoms. The fourth-order valence-corrected chi connectivity index (χ4v) is 3.28. The lowest BCUT2D eigenvalue weighted by molar-refractivity contribution is -0.128. The van der Waals surface area contributed by atoms with Gasteiger partial charge >= 0.3 is 0 Å². The van der Waals surface area contributed by atoms with Gasteiger partial charge in [-0.05, 0) is 36.1 Å². The number of amides is 1. The number of guanidine groups is 1. The molecule has 1 aliphatic heterocycles. The molecular weight excluding hydrogens is 368 g/mol. The zero-order valence-corrected chi connectivity index (χ0v) is 17.0. The molecule has 1 aromatic heterocycles. The molecule has 0 saturated carbocycles. The topological polar surface area (TPSA) is 79.1 Å². The summed E-state index contributed by atoms with van der Waals surface area (Å²) in [5.41, 5.74) is 2.33. The third-order valence-corrected chi connectivity index (χ3v) is 4.80. The number of carbonyl (C=O) groups excluding carboxylic acids is 1. The molecule has 0 aliphatic carbocycles. The van der Waals surface area contributed by atoms with E-state index in [4.69, 9.17) is 9.15 Å². The van der Waals surface area contributed by atoms with E-state index in [0.29, 0.717) is 32.7 Å². The Labute approximate surface area is 172 Å². The van der Waals surface area contributed by atoms with Crippen molar-refractivity contribution in [3.63, 3.8) is 0 Å². The van der Waals surface area contributed by atoms with Crippen molar-refractivity contribution in [2.24, 2.45) is 4.99 Å². The van der Waals surface area contributed by atoms with E-state index in [-0.39, 0.29) is 5.91 Å². The molecule has 156 valence electrons. The van der Waals surface area contributed by atoms with Crippen LogP contribution in [0.3, 0.4) is 0 Å². The number of aliphatic imine (C=N–C) groups is 1. The lowest BCUT2D eigenvalue weighted by Gasteiger charge is -2.16. The van der Waals surface area contributed by atoms with E-state index in [1.165, 1.54) is 5.56 Å². The smallest absolute Gasteiger partial charge is 0.222 e. The van der Waals surface area contributed by atoms with Crippen LogP contribution in [-0.4, -0.2) is 43.5 Å². The normalized spacial score (nSPS) is 14.4. The Morgan fingerprint density at radius 3 is 2.90 bits per heavy atom. The third kappa shape index (κ3) is 6.94. The Bertz CT molecular complexity index is 789. The van der Waals surface area contributed by atoms with E-state index in [0.717, 1.165) is 43.2 Å². The minimum absolute atomic E-state index is 0.256. The van der Waals surface area contributed by atoms with Crippen molar-refractivity contribution in [3.8, 4) is 0 Å². The first-order chi connectivity index (χ1) is 14.2. The van der Waals surface area contributed by atoms with Gasteiger partial charge in [-0.3, -0.25) is 9.79 Å². The van der Waals surface area contributed by atoms with Crippen molar-refractivity contribution in [1.82, 2.24) is 15.5 Å². The number of nitrogens with one attached hydrogen (secondary N) is 2. The number of rotatable bonds is 10. The van der Waals surface area contributed by atoms with E-state index in [1.54, 1.807) is 13.3 Å². The maximum atomic E-state index is 11.8. The zero-order chi connectivity index (χ0) is 20.3. The Balaban J connectivity index is 1.34. The van der Waals surface area contributed by atoms with Gasteiger partial charge in [0.1, 0.15) is 12.4 Å². The van der Waals surface area contributed by atoms with E-state index in [9.17, 15) is 4.79 Å². The summed E-state index contributed by atoms with van der Waals surface area (Å²) in [6.07, 6.45) is 4.17. The van der Waals surface area contributed by atoms with Crippen LogP contribution in [0.5, 0.6) is 0 Å². The lowest BCUT2D eigenvalue weighted by Crippen LogP contribution is -2.37. The van der Waals surface area contributed by atoms with Crippen LogP contribution in [0.4, 0.5) is 0 Å². The van der Waals surface area contributed by atoms with Gasteiger partial charge in [-0.15, -0.1) is 0 Å². The van der Waals surface area contributed by atoms with Gasteiger partial charge < -0.3 is 24.7 Å². The summed E-state index contributed by atoms with van der Waals surface area (Å²) in [7, 11) is 1.76. The Kier molecular flexibility index (Phi) is 8.12. The molecule has 0 spiro atoms. The van der Waals surface area contributed by atoms with Crippen LogP contribution in [0.15, 0.2) is 52.1 Å². The predicted molar refractivity (Wildman–Crippen MR) is 112 cm³/mol. The van der Waals surface area contributed by atoms with Crippen LogP contribution >= 0.6 is 0 Å².